The molecule has 0 saturated carbocycles. The normalized spacial score (nSPS) is 17.8. The van der Waals surface area contributed by atoms with Gasteiger partial charge in [-0.15, -0.1) is 5.10 Å². The number of carbonyl (C=O) groups excluding carboxylic acids is 1. The zero-order valence-corrected chi connectivity index (χ0v) is 13.5. The average Bonchev–Trinajstić information content (AvgIpc) is 2.55. The van der Waals surface area contributed by atoms with E-state index in [0.717, 1.165) is 24.6 Å². The van der Waals surface area contributed by atoms with Crippen molar-refractivity contribution in [1.82, 2.24) is 15.2 Å². The molecule has 0 radical (unpaired) electrons. The second-order valence-corrected chi connectivity index (χ2v) is 6.09. The van der Waals surface area contributed by atoms with Gasteiger partial charge in [-0.2, -0.15) is 10.1 Å². The highest BCUT2D eigenvalue weighted by atomic mass is 16.1. The third-order valence-corrected chi connectivity index (χ3v) is 4.05. The minimum absolute atomic E-state index is 0.0312. The van der Waals surface area contributed by atoms with Crippen LogP contribution in [0.3, 0.4) is 0 Å². The van der Waals surface area contributed by atoms with Crippen molar-refractivity contribution >= 4 is 23.2 Å². The van der Waals surface area contributed by atoms with Crippen LogP contribution >= 0.6 is 0 Å². The Kier molecular flexibility index (Phi) is 4.50. The number of anilines is 3. The van der Waals surface area contributed by atoms with E-state index in [0.29, 0.717) is 17.4 Å². The van der Waals surface area contributed by atoms with Gasteiger partial charge in [0.2, 0.25) is 5.95 Å². The van der Waals surface area contributed by atoms with E-state index in [9.17, 15) is 4.79 Å². The number of carbonyl (C=O) groups is 1. The highest BCUT2D eigenvalue weighted by Gasteiger charge is 2.18. The number of hydrogen-bond acceptors (Lipinski definition) is 6. The van der Waals surface area contributed by atoms with Crippen LogP contribution in [0.15, 0.2) is 30.5 Å². The van der Waals surface area contributed by atoms with Crippen molar-refractivity contribution in [3.8, 4) is 0 Å². The Balaban J connectivity index is 1.77. The van der Waals surface area contributed by atoms with Gasteiger partial charge in [-0.05, 0) is 37.8 Å². The summed E-state index contributed by atoms with van der Waals surface area (Å²) >= 11 is 0. The Labute approximate surface area is 136 Å². The maximum Gasteiger partial charge on any atom is 0.249 e. The number of ketones is 1. The maximum atomic E-state index is 11.5. The SMILES string of the molecule is CC(=O)c1cccc(Nc2nncc(N3CCCC(C)C3)n2)c1. The maximum absolute atomic E-state index is 11.5. The minimum Gasteiger partial charge on any atom is -0.355 e. The molecule has 1 N–H and O–H groups in total. The molecule has 6 nitrogen and oxygen atoms in total. The van der Waals surface area contributed by atoms with Gasteiger partial charge in [0.1, 0.15) is 0 Å². The third-order valence-electron chi connectivity index (χ3n) is 4.05. The van der Waals surface area contributed by atoms with E-state index in [1.165, 1.54) is 12.8 Å². The first-order valence-electron chi connectivity index (χ1n) is 7.94. The molecule has 1 aromatic heterocycles. The van der Waals surface area contributed by atoms with Gasteiger partial charge in [-0.25, -0.2) is 0 Å². The number of nitrogens with zero attached hydrogens (tertiary/aromatic N) is 4. The molecule has 0 amide bonds. The zero-order valence-electron chi connectivity index (χ0n) is 13.5. The molecule has 120 valence electrons. The summed E-state index contributed by atoms with van der Waals surface area (Å²) in [5.74, 6) is 1.99. The fourth-order valence-electron chi connectivity index (χ4n) is 2.84. The Morgan fingerprint density at radius 1 is 1.39 bits per heavy atom. The van der Waals surface area contributed by atoms with Crippen molar-refractivity contribution in [2.75, 3.05) is 23.3 Å². The van der Waals surface area contributed by atoms with Crippen LogP contribution in [0.4, 0.5) is 17.5 Å². The second kappa shape index (κ2) is 6.73. The third kappa shape index (κ3) is 3.83. The molecule has 1 aromatic carbocycles. The van der Waals surface area contributed by atoms with Crippen molar-refractivity contribution in [3.05, 3.63) is 36.0 Å². The second-order valence-electron chi connectivity index (χ2n) is 6.09. The fraction of sp³-hybridized carbons (Fsp3) is 0.412. The van der Waals surface area contributed by atoms with Crippen LogP contribution in [0.1, 0.15) is 37.0 Å². The quantitative estimate of drug-likeness (QED) is 0.875. The zero-order chi connectivity index (χ0) is 16.2. The molecule has 6 heteroatoms. The lowest BCUT2D eigenvalue weighted by molar-refractivity contribution is 0.101. The molecule has 1 aliphatic heterocycles. The summed E-state index contributed by atoms with van der Waals surface area (Å²) < 4.78 is 0. The number of benzene rings is 1. The monoisotopic (exact) mass is 311 g/mol. The lowest BCUT2D eigenvalue weighted by atomic mass is 10.0. The lowest BCUT2D eigenvalue weighted by Gasteiger charge is -2.31. The number of piperidine rings is 1. The predicted octanol–water partition coefficient (Wildman–Crippen LogP) is 3.05. The molecule has 1 atom stereocenters. The highest BCUT2D eigenvalue weighted by Crippen LogP contribution is 2.22. The summed E-state index contributed by atoms with van der Waals surface area (Å²) in [6, 6.07) is 7.30. The first-order valence-corrected chi connectivity index (χ1v) is 7.94. The summed E-state index contributed by atoms with van der Waals surface area (Å²) in [6.45, 7) is 5.81. The smallest absolute Gasteiger partial charge is 0.249 e. The molecule has 1 fully saturated rings. The summed E-state index contributed by atoms with van der Waals surface area (Å²) in [4.78, 5) is 18.3. The van der Waals surface area contributed by atoms with Gasteiger partial charge in [0.15, 0.2) is 11.6 Å². The number of Topliss-reactive ketones (excluding diaryl/α,β-unsaturated/α-hetero) is 1. The summed E-state index contributed by atoms with van der Waals surface area (Å²) in [5.41, 5.74) is 1.44. The number of rotatable bonds is 4. The topological polar surface area (TPSA) is 71.0 Å². The standard InChI is InChI=1S/C17H21N5O/c1-12-5-4-8-22(11-12)16-10-18-21-17(20-16)19-15-7-3-6-14(9-15)13(2)23/h3,6-7,9-10,12H,4-5,8,11H2,1-2H3,(H,19,20,21). The lowest BCUT2D eigenvalue weighted by Crippen LogP contribution is -2.35. The van der Waals surface area contributed by atoms with Gasteiger partial charge in [-0.3, -0.25) is 4.79 Å². The largest absolute Gasteiger partial charge is 0.355 e. The van der Waals surface area contributed by atoms with Gasteiger partial charge < -0.3 is 10.2 Å². The Bertz CT molecular complexity index is 703. The van der Waals surface area contributed by atoms with Gasteiger partial charge in [0, 0.05) is 24.3 Å². The Morgan fingerprint density at radius 3 is 3.04 bits per heavy atom. The van der Waals surface area contributed by atoms with Crippen LogP contribution in [-0.2, 0) is 0 Å². The molecule has 2 aromatic rings. The molecule has 1 unspecified atom stereocenters. The highest BCUT2D eigenvalue weighted by molar-refractivity contribution is 5.95. The van der Waals surface area contributed by atoms with Crippen LogP contribution < -0.4 is 10.2 Å². The van der Waals surface area contributed by atoms with Crippen LogP contribution in [0, 0.1) is 5.92 Å². The van der Waals surface area contributed by atoms with Crippen molar-refractivity contribution in [2.24, 2.45) is 5.92 Å². The number of nitrogens with one attached hydrogen (secondary N) is 1. The van der Waals surface area contributed by atoms with Crippen molar-refractivity contribution in [1.29, 1.82) is 0 Å². The first-order chi connectivity index (χ1) is 11.1. The molecule has 1 saturated heterocycles. The molecular formula is C17H21N5O. The van der Waals surface area contributed by atoms with Crippen LogP contribution in [0.5, 0.6) is 0 Å². The van der Waals surface area contributed by atoms with Crippen molar-refractivity contribution < 1.29 is 4.79 Å². The van der Waals surface area contributed by atoms with E-state index in [2.05, 4.69) is 32.3 Å². The van der Waals surface area contributed by atoms with E-state index in [1.54, 1.807) is 25.3 Å². The van der Waals surface area contributed by atoms with Crippen molar-refractivity contribution in [2.45, 2.75) is 26.7 Å². The van der Waals surface area contributed by atoms with E-state index < -0.39 is 0 Å². The van der Waals surface area contributed by atoms with Crippen LogP contribution in [0.2, 0.25) is 0 Å². The predicted molar refractivity (Wildman–Crippen MR) is 90.2 cm³/mol. The fourth-order valence-corrected chi connectivity index (χ4v) is 2.84. The van der Waals surface area contributed by atoms with E-state index >= 15 is 0 Å². The van der Waals surface area contributed by atoms with Gasteiger partial charge >= 0.3 is 0 Å². The summed E-state index contributed by atoms with van der Waals surface area (Å²) in [5, 5.41) is 11.2. The van der Waals surface area contributed by atoms with Crippen LogP contribution in [0.25, 0.3) is 0 Å². The van der Waals surface area contributed by atoms with E-state index in [1.807, 2.05) is 12.1 Å². The average molecular weight is 311 g/mol. The summed E-state index contributed by atoms with van der Waals surface area (Å²) in [7, 11) is 0. The molecule has 23 heavy (non-hydrogen) atoms. The molecule has 3 rings (SSSR count). The molecule has 2 heterocycles. The number of aromatic nitrogens is 3. The molecule has 0 bridgehead atoms. The van der Waals surface area contributed by atoms with Crippen molar-refractivity contribution in [3.63, 3.8) is 0 Å². The molecular weight excluding hydrogens is 290 g/mol. The first kappa shape index (κ1) is 15.4. The summed E-state index contributed by atoms with van der Waals surface area (Å²) in [6.07, 6.45) is 4.14. The van der Waals surface area contributed by atoms with Gasteiger partial charge in [0.25, 0.3) is 0 Å². The van der Waals surface area contributed by atoms with Gasteiger partial charge in [-0.1, -0.05) is 19.1 Å². The Morgan fingerprint density at radius 2 is 2.26 bits per heavy atom. The van der Waals surface area contributed by atoms with Gasteiger partial charge in [0.05, 0.1) is 6.20 Å². The molecule has 0 spiro atoms. The minimum atomic E-state index is 0.0312. The van der Waals surface area contributed by atoms with E-state index in [-0.39, 0.29) is 5.78 Å². The molecule has 0 aliphatic carbocycles. The van der Waals surface area contributed by atoms with Crippen LogP contribution in [-0.4, -0.2) is 34.1 Å². The number of hydrogen-bond donors (Lipinski definition) is 1. The molecule has 1 aliphatic rings. The van der Waals surface area contributed by atoms with E-state index in [4.69, 9.17) is 0 Å². The Hall–Kier alpha value is -2.50.